The van der Waals surface area contributed by atoms with Gasteiger partial charge in [-0.05, 0) is 19.1 Å². The summed E-state index contributed by atoms with van der Waals surface area (Å²) in [6.07, 6.45) is -0.352. The molecular weight excluding hydrogens is 345 g/mol. The van der Waals surface area contributed by atoms with E-state index in [0.29, 0.717) is 10.1 Å². The fraction of sp³-hybridized carbons (Fsp3) is 0.385. The molecule has 96 valence electrons. The summed E-state index contributed by atoms with van der Waals surface area (Å²) >= 11 is 2.09. The highest BCUT2D eigenvalue weighted by molar-refractivity contribution is 14.1. The molecule has 1 saturated heterocycles. The molecule has 18 heavy (non-hydrogen) atoms. The second-order valence-electron chi connectivity index (χ2n) is 4.26. The third-order valence-electron chi connectivity index (χ3n) is 3.29. The molecule has 0 radical (unpaired) electrons. The maximum Gasteiger partial charge on any atom is 0.318 e. The summed E-state index contributed by atoms with van der Waals surface area (Å²) < 4.78 is 5.94. The predicted octanol–water partition coefficient (Wildman–Crippen LogP) is 2.68. The van der Waals surface area contributed by atoms with E-state index in [2.05, 4.69) is 27.6 Å². The number of hydrogen-bond donors (Lipinski definition) is 1. The van der Waals surface area contributed by atoms with Gasteiger partial charge in [-0.15, -0.1) is 0 Å². The van der Waals surface area contributed by atoms with Gasteiger partial charge in [0.15, 0.2) is 0 Å². The van der Waals surface area contributed by atoms with Gasteiger partial charge in [0.25, 0.3) is 0 Å². The van der Waals surface area contributed by atoms with Gasteiger partial charge >= 0.3 is 5.97 Å². The molecule has 1 heterocycles. The predicted molar refractivity (Wildman–Crippen MR) is 77.9 cm³/mol. The fourth-order valence-corrected chi connectivity index (χ4v) is 3.43. The van der Waals surface area contributed by atoms with E-state index in [-0.39, 0.29) is 12.7 Å². The number of alkyl halides is 1. The highest BCUT2D eigenvalue weighted by atomic mass is 127. The molecule has 1 aliphatic rings. The van der Waals surface area contributed by atoms with Crippen LogP contribution in [-0.2, 0) is 9.53 Å². The molecule has 1 N–H and O–H groups in total. The Bertz CT molecular complexity index is 474. The molecule has 0 aliphatic carbocycles. The lowest BCUT2D eigenvalue weighted by Crippen LogP contribution is -2.44. The van der Waals surface area contributed by atoms with E-state index in [4.69, 9.17) is 4.74 Å². The lowest BCUT2D eigenvalue weighted by atomic mass is 9.82. The summed E-state index contributed by atoms with van der Waals surface area (Å²) in [6, 6.07) is 9.38. The smallest absolute Gasteiger partial charge is 0.318 e. The van der Waals surface area contributed by atoms with Crippen LogP contribution in [0.2, 0.25) is 0 Å². The van der Waals surface area contributed by atoms with Gasteiger partial charge in [-0.25, -0.2) is 0 Å². The van der Waals surface area contributed by atoms with E-state index in [1.54, 1.807) is 6.92 Å². The summed E-state index contributed by atoms with van der Waals surface area (Å²) in [5, 5.41) is 9.52. The third-order valence-corrected chi connectivity index (χ3v) is 4.49. The Morgan fingerprint density at radius 3 is 2.78 bits per heavy atom. The molecule has 1 aromatic carbocycles. The first-order valence-electron chi connectivity index (χ1n) is 5.65. The van der Waals surface area contributed by atoms with Crippen molar-refractivity contribution in [1.29, 1.82) is 0 Å². The molecule has 0 amide bonds. The Morgan fingerprint density at radius 2 is 2.22 bits per heavy atom. The standard InChI is InChI=1S/C13H14INO3/c1-9-13(8-14,12(16)17)11(7-18-9)15-10-5-3-2-4-6-10/h2-6,9H,7-8H2,1H3,(H,16,17). The average molecular weight is 359 g/mol. The number of carboxylic acid groups (broad SMARTS) is 1. The van der Waals surface area contributed by atoms with Crippen LogP contribution in [0.5, 0.6) is 0 Å². The van der Waals surface area contributed by atoms with E-state index in [9.17, 15) is 9.90 Å². The Balaban J connectivity index is 2.44. The fourth-order valence-electron chi connectivity index (χ4n) is 2.04. The van der Waals surface area contributed by atoms with E-state index < -0.39 is 11.4 Å². The van der Waals surface area contributed by atoms with Crippen molar-refractivity contribution in [2.75, 3.05) is 11.0 Å². The van der Waals surface area contributed by atoms with Crippen molar-refractivity contribution in [3.05, 3.63) is 30.3 Å². The quantitative estimate of drug-likeness (QED) is 0.667. The van der Waals surface area contributed by atoms with Crippen molar-refractivity contribution >= 4 is 40.0 Å². The molecule has 5 heteroatoms. The zero-order valence-corrected chi connectivity index (χ0v) is 12.1. The summed E-state index contributed by atoms with van der Waals surface area (Å²) in [4.78, 5) is 16.1. The topological polar surface area (TPSA) is 58.9 Å². The van der Waals surface area contributed by atoms with E-state index >= 15 is 0 Å². The second kappa shape index (κ2) is 5.36. The summed E-state index contributed by atoms with van der Waals surface area (Å²) in [5.41, 5.74) is 0.361. The molecule has 2 atom stereocenters. The van der Waals surface area contributed by atoms with Gasteiger partial charge < -0.3 is 9.84 Å². The van der Waals surface area contributed by atoms with Crippen LogP contribution in [0.15, 0.2) is 35.3 Å². The van der Waals surface area contributed by atoms with Crippen LogP contribution in [-0.4, -0.2) is 33.9 Å². The van der Waals surface area contributed by atoms with Crippen LogP contribution in [0.25, 0.3) is 0 Å². The van der Waals surface area contributed by atoms with Crippen LogP contribution in [0.1, 0.15) is 6.92 Å². The minimum Gasteiger partial charge on any atom is -0.480 e. The number of ether oxygens (including phenoxy) is 1. The number of carboxylic acids is 1. The lowest BCUT2D eigenvalue weighted by Gasteiger charge is -2.25. The molecule has 2 rings (SSSR count). The number of carbonyl (C=O) groups is 1. The van der Waals surface area contributed by atoms with Gasteiger partial charge in [-0.2, -0.15) is 0 Å². The van der Waals surface area contributed by atoms with Crippen molar-refractivity contribution in [3.8, 4) is 0 Å². The number of benzene rings is 1. The molecule has 0 saturated carbocycles. The van der Waals surface area contributed by atoms with E-state index in [1.165, 1.54) is 0 Å². The van der Waals surface area contributed by atoms with Crippen LogP contribution < -0.4 is 0 Å². The van der Waals surface area contributed by atoms with Gasteiger partial charge in [0.1, 0.15) is 5.41 Å². The summed E-state index contributed by atoms with van der Waals surface area (Å²) in [7, 11) is 0. The molecule has 1 fully saturated rings. The number of aliphatic carboxylic acids is 1. The zero-order chi connectivity index (χ0) is 13.2. The van der Waals surface area contributed by atoms with Crippen molar-refractivity contribution in [3.63, 3.8) is 0 Å². The van der Waals surface area contributed by atoms with Gasteiger partial charge in [-0.3, -0.25) is 9.79 Å². The maximum absolute atomic E-state index is 11.6. The van der Waals surface area contributed by atoms with Crippen LogP contribution >= 0.6 is 22.6 Å². The summed E-state index contributed by atoms with van der Waals surface area (Å²) in [5.74, 6) is -0.864. The molecule has 0 aromatic heterocycles. The third kappa shape index (κ3) is 2.16. The van der Waals surface area contributed by atoms with E-state index in [0.717, 1.165) is 5.69 Å². The molecule has 0 bridgehead atoms. The molecule has 1 aliphatic heterocycles. The highest BCUT2D eigenvalue weighted by Crippen LogP contribution is 2.36. The van der Waals surface area contributed by atoms with Crippen LogP contribution in [0.4, 0.5) is 5.69 Å². The van der Waals surface area contributed by atoms with Crippen molar-refractivity contribution < 1.29 is 14.6 Å². The summed E-state index contributed by atoms with van der Waals surface area (Å²) in [6.45, 7) is 2.08. The van der Waals surface area contributed by atoms with E-state index in [1.807, 2.05) is 30.3 Å². The number of halogens is 1. The monoisotopic (exact) mass is 359 g/mol. The molecule has 2 unspecified atom stereocenters. The SMILES string of the molecule is CC1OCC(=Nc2ccccc2)C1(CI)C(=O)O. The largest absolute Gasteiger partial charge is 0.480 e. The molecule has 1 aromatic rings. The first-order valence-corrected chi connectivity index (χ1v) is 7.18. The first kappa shape index (κ1) is 13.5. The van der Waals surface area contributed by atoms with Gasteiger partial charge in [0, 0.05) is 4.43 Å². The van der Waals surface area contributed by atoms with Crippen LogP contribution in [0, 0.1) is 5.41 Å². The first-order chi connectivity index (χ1) is 8.61. The average Bonchev–Trinajstić information content (AvgIpc) is 2.68. The Kier molecular flexibility index (Phi) is 4.01. The van der Waals surface area contributed by atoms with Gasteiger partial charge in [-0.1, -0.05) is 40.8 Å². The van der Waals surface area contributed by atoms with Crippen molar-refractivity contribution in [2.45, 2.75) is 13.0 Å². The number of para-hydroxylation sites is 1. The number of nitrogens with zero attached hydrogens (tertiary/aromatic N) is 1. The van der Waals surface area contributed by atoms with Crippen LogP contribution in [0.3, 0.4) is 0 Å². The van der Waals surface area contributed by atoms with Gasteiger partial charge in [0.05, 0.1) is 24.1 Å². The number of rotatable bonds is 3. The number of hydrogen-bond acceptors (Lipinski definition) is 3. The Morgan fingerprint density at radius 1 is 1.56 bits per heavy atom. The zero-order valence-electron chi connectivity index (χ0n) is 9.97. The Labute approximate surface area is 119 Å². The van der Waals surface area contributed by atoms with Crippen molar-refractivity contribution in [2.24, 2.45) is 10.4 Å². The van der Waals surface area contributed by atoms with Gasteiger partial charge in [0.2, 0.25) is 0 Å². The normalized spacial score (nSPS) is 29.7. The highest BCUT2D eigenvalue weighted by Gasteiger charge is 2.52. The Hall–Kier alpha value is -0.950. The molecular formula is C13H14INO3. The second-order valence-corrected chi connectivity index (χ2v) is 5.02. The minimum atomic E-state index is -1.00. The maximum atomic E-state index is 11.6. The molecule has 0 spiro atoms. The minimum absolute atomic E-state index is 0.283. The lowest BCUT2D eigenvalue weighted by molar-refractivity contribution is -0.146. The van der Waals surface area contributed by atoms with Crippen molar-refractivity contribution in [1.82, 2.24) is 0 Å². The number of aliphatic imine (C=N–C) groups is 1. The molecule has 4 nitrogen and oxygen atoms in total.